The summed E-state index contributed by atoms with van der Waals surface area (Å²) >= 11 is 0. The van der Waals surface area contributed by atoms with E-state index in [1.54, 1.807) is 12.1 Å². The average Bonchev–Trinajstić information content (AvgIpc) is 2.63. The molecule has 0 aliphatic heterocycles. The number of primary amides is 1. The van der Waals surface area contributed by atoms with Crippen LogP contribution in [0.3, 0.4) is 0 Å². The van der Waals surface area contributed by atoms with Crippen LogP contribution in [0.2, 0.25) is 0 Å². The van der Waals surface area contributed by atoms with Crippen molar-refractivity contribution in [1.29, 1.82) is 0 Å². The van der Waals surface area contributed by atoms with E-state index >= 15 is 0 Å². The monoisotopic (exact) mass is 377 g/mol. The molecule has 0 saturated heterocycles. The Morgan fingerprint density at radius 2 is 1.81 bits per heavy atom. The van der Waals surface area contributed by atoms with Crippen LogP contribution < -0.4 is 22.1 Å². The summed E-state index contributed by atoms with van der Waals surface area (Å²) in [7, 11) is 0. The molecule has 1 saturated carbocycles. The largest absolute Gasteiger partial charge is 0.480 e. The zero-order valence-corrected chi connectivity index (χ0v) is 15.2. The second kappa shape index (κ2) is 9.75. The summed E-state index contributed by atoms with van der Waals surface area (Å²) in [5, 5.41) is 14.3. The van der Waals surface area contributed by atoms with E-state index in [0.29, 0.717) is 23.7 Å². The van der Waals surface area contributed by atoms with Crippen LogP contribution in [-0.2, 0) is 16.0 Å². The molecule has 1 aliphatic rings. The maximum atomic E-state index is 12.2. The highest BCUT2D eigenvalue weighted by Gasteiger charge is 2.26. The third kappa shape index (κ3) is 6.76. The summed E-state index contributed by atoms with van der Waals surface area (Å²) < 4.78 is 0. The summed E-state index contributed by atoms with van der Waals surface area (Å²) in [4.78, 5) is 39.3. The summed E-state index contributed by atoms with van der Waals surface area (Å²) in [5.74, 6) is -1.15. The van der Waals surface area contributed by atoms with Crippen LogP contribution in [0.5, 0.6) is 0 Å². The molecule has 7 N–H and O–H groups in total. The molecule has 27 heavy (non-hydrogen) atoms. The first-order chi connectivity index (χ1) is 12.8. The second-order valence-corrected chi connectivity index (χ2v) is 7.00. The Morgan fingerprint density at radius 1 is 1.15 bits per heavy atom. The lowest BCUT2D eigenvalue weighted by Gasteiger charge is -2.26. The van der Waals surface area contributed by atoms with E-state index in [0.717, 1.165) is 25.7 Å². The molecule has 2 rings (SSSR count). The van der Waals surface area contributed by atoms with Gasteiger partial charge in [0.25, 0.3) is 0 Å². The molecule has 3 amide bonds. The fourth-order valence-electron chi connectivity index (χ4n) is 3.35. The van der Waals surface area contributed by atoms with Crippen LogP contribution in [0, 0.1) is 5.92 Å². The average molecular weight is 377 g/mol. The van der Waals surface area contributed by atoms with Gasteiger partial charge >= 0.3 is 12.0 Å². The molecule has 1 aromatic heterocycles. The van der Waals surface area contributed by atoms with Crippen molar-refractivity contribution in [3.05, 3.63) is 23.9 Å². The van der Waals surface area contributed by atoms with Crippen molar-refractivity contribution in [2.24, 2.45) is 11.7 Å². The van der Waals surface area contributed by atoms with Gasteiger partial charge in [-0.2, -0.15) is 0 Å². The van der Waals surface area contributed by atoms with Gasteiger partial charge in [0.1, 0.15) is 17.9 Å². The SMILES string of the molecule is NC(=O)[C@@H](CC1CCCCC1)NC(=O)NC(Cc1ccc(N)nc1)C(=O)O. The predicted octanol–water partition coefficient (Wildman–Crippen LogP) is 0.783. The van der Waals surface area contributed by atoms with Gasteiger partial charge in [-0.05, 0) is 24.0 Å². The van der Waals surface area contributed by atoms with E-state index in [1.165, 1.54) is 12.6 Å². The molecule has 0 aromatic carbocycles. The molecule has 1 heterocycles. The van der Waals surface area contributed by atoms with Crippen molar-refractivity contribution in [1.82, 2.24) is 15.6 Å². The Bertz CT molecular complexity index is 658. The molecule has 0 radical (unpaired) electrons. The number of carboxylic acids is 1. The molecule has 9 heteroatoms. The van der Waals surface area contributed by atoms with Crippen molar-refractivity contribution < 1.29 is 19.5 Å². The van der Waals surface area contributed by atoms with Crippen molar-refractivity contribution in [2.75, 3.05) is 5.73 Å². The van der Waals surface area contributed by atoms with Gasteiger partial charge in [-0.3, -0.25) is 4.79 Å². The number of aliphatic carboxylic acids is 1. The van der Waals surface area contributed by atoms with Crippen LogP contribution >= 0.6 is 0 Å². The molecule has 9 nitrogen and oxygen atoms in total. The number of pyridine rings is 1. The minimum absolute atomic E-state index is 0.0416. The van der Waals surface area contributed by atoms with E-state index in [-0.39, 0.29) is 6.42 Å². The molecule has 2 atom stereocenters. The zero-order chi connectivity index (χ0) is 19.8. The van der Waals surface area contributed by atoms with Crippen LogP contribution in [0.4, 0.5) is 10.6 Å². The van der Waals surface area contributed by atoms with E-state index in [1.807, 2.05) is 0 Å². The standard InChI is InChI=1S/C18H27N5O4/c19-15-7-6-12(10-21-15)9-14(17(25)26)23-18(27)22-13(16(20)24)8-11-4-2-1-3-5-11/h6-7,10-11,13-14H,1-5,8-9H2,(H2,19,21)(H2,20,24)(H,25,26)(H2,22,23,27)/t13-,14?/m1/s1. The van der Waals surface area contributed by atoms with Gasteiger partial charge in [-0.25, -0.2) is 14.6 Å². The number of carbonyl (C=O) groups excluding carboxylic acids is 2. The van der Waals surface area contributed by atoms with E-state index in [4.69, 9.17) is 11.5 Å². The number of nitrogens with two attached hydrogens (primary N) is 2. The Hall–Kier alpha value is -2.84. The highest BCUT2D eigenvalue weighted by molar-refractivity contribution is 5.88. The topological polar surface area (TPSA) is 160 Å². The smallest absolute Gasteiger partial charge is 0.326 e. The number of hydrogen-bond acceptors (Lipinski definition) is 5. The molecular formula is C18H27N5O4. The first kappa shape index (κ1) is 20.5. The highest BCUT2D eigenvalue weighted by atomic mass is 16.4. The number of urea groups is 1. The fourth-order valence-corrected chi connectivity index (χ4v) is 3.35. The molecule has 1 aromatic rings. The lowest BCUT2D eigenvalue weighted by atomic mass is 9.84. The van der Waals surface area contributed by atoms with Gasteiger partial charge < -0.3 is 27.2 Å². The first-order valence-corrected chi connectivity index (χ1v) is 9.14. The molecule has 1 aliphatic carbocycles. The number of rotatable bonds is 8. The van der Waals surface area contributed by atoms with Crippen LogP contribution in [-0.4, -0.2) is 40.1 Å². The Labute approximate surface area is 157 Å². The highest BCUT2D eigenvalue weighted by Crippen LogP contribution is 2.27. The number of anilines is 1. The Morgan fingerprint density at radius 3 is 2.37 bits per heavy atom. The van der Waals surface area contributed by atoms with Gasteiger partial charge in [0.15, 0.2) is 0 Å². The maximum absolute atomic E-state index is 12.2. The van der Waals surface area contributed by atoms with E-state index in [2.05, 4.69) is 15.6 Å². The Balaban J connectivity index is 1.93. The molecule has 1 unspecified atom stereocenters. The van der Waals surface area contributed by atoms with Gasteiger partial charge in [0, 0.05) is 12.6 Å². The van der Waals surface area contributed by atoms with E-state index in [9.17, 15) is 19.5 Å². The molecule has 1 fully saturated rings. The summed E-state index contributed by atoms with van der Waals surface area (Å²) in [6.45, 7) is 0. The number of amides is 3. The number of nitrogen functional groups attached to an aromatic ring is 1. The van der Waals surface area contributed by atoms with Crippen molar-refractivity contribution in [3.63, 3.8) is 0 Å². The molecular weight excluding hydrogens is 350 g/mol. The van der Waals surface area contributed by atoms with E-state index < -0.39 is 30.0 Å². The van der Waals surface area contributed by atoms with Gasteiger partial charge in [0.05, 0.1) is 0 Å². The quantitative estimate of drug-likeness (QED) is 0.450. The fraction of sp³-hybridized carbons (Fsp3) is 0.556. The number of carbonyl (C=O) groups is 3. The third-order valence-corrected chi connectivity index (χ3v) is 4.83. The maximum Gasteiger partial charge on any atom is 0.326 e. The lowest BCUT2D eigenvalue weighted by molar-refractivity contribution is -0.139. The van der Waals surface area contributed by atoms with Gasteiger partial charge in [0.2, 0.25) is 5.91 Å². The van der Waals surface area contributed by atoms with Gasteiger partial charge in [-0.1, -0.05) is 38.2 Å². The van der Waals surface area contributed by atoms with Crippen LogP contribution in [0.25, 0.3) is 0 Å². The summed E-state index contributed by atoms with van der Waals surface area (Å²) in [6, 6.07) is 0.485. The normalized spacial score (nSPS) is 16.9. The number of hydrogen-bond donors (Lipinski definition) is 5. The summed E-state index contributed by atoms with van der Waals surface area (Å²) in [6.07, 6.45) is 7.40. The van der Waals surface area contributed by atoms with Crippen LogP contribution in [0.15, 0.2) is 18.3 Å². The zero-order valence-electron chi connectivity index (χ0n) is 15.2. The Kier molecular flexibility index (Phi) is 7.39. The second-order valence-electron chi connectivity index (χ2n) is 7.00. The molecule has 148 valence electrons. The predicted molar refractivity (Wildman–Crippen MR) is 99.6 cm³/mol. The number of nitrogens with one attached hydrogen (secondary N) is 2. The van der Waals surface area contributed by atoms with Crippen molar-refractivity contribution >= 4 is 23.7 Å². The molecule has 0 bridgehead atoms. The lowest BCUT2D eigenvalue weighted by Crippen LogP contribution is -2.53. The number of carboxylic acid groups (broad SMARTS) is 1. The number of nitrogens with zero attached hydrogens (tertiary/aromatic N) is 1. The first-order valence-electron chi connectivity index (χ1n) is 9.14. The van der Waals surface area contributed by atoms with Crippen LogP contribution in [0.1, 0.15) is 44.1 Å². The minimum atomic E-state index is -1.19. The number of aromatic nitrogens is 1. The summed E-state index contributed by atoms with van der Waals surface area (Å²) in [5.41, 5.74) is 11.5. The third-order valence-electron chi connectivity index (χ3n) is 4.83. The van der Waals surface area contributed by atoms with Crippen molar-refractivity contribution in [3.8, 4) is 0 Å². The van der Waals surface area contributed by atoms with Gasteiger partial charge in [-0.15, -0.1) is 0 Å². The minimum Gasteiger partial charge on any atom is -0.480 e. The molecule has 0 spiro atoms. The van der Waals surface area contributed by atoms with Crippen molar-refractivity contribution in [2.45, 2.75) is 57.0 Å².